The molecule has 0 saturated carbocycles. The van der Waals surface area contributed by atoms with Crippen LogP contribution < -0.4 is 16.7 Å². The Labute approximate surface area is 207 Å². The molecule has 2 amide bonds. The van der Waals surface area contributed by atoms with Crippen LogP contribution in [0.4, 0.5) is 5.69 Å². The maximum absolute atomic E-state index is 13.1. The van der Waals surface area contributed by atoms with E-state index in [0.29, 0.717) is 45.9 Å². The van der Waals surface area contributed by atoms with Crippen molar-refractivity contribution in [3.63, 3.8) is 0 Å². The number of fused-ring (bicyclic) bond motifs is 1. The highest BCUT2D eigenvalue weighted by Gasteiger charge is 2.26. The molecule has 0 fully saturated rings. The molecule has 1 atom stereocenters. The van der Waals surface area contributed by atoms with Crippen molar-refractivity contribution in [2.45, 2.75) is 58.4 Å². The van der Waals surface area contributed by atoms with Crippen molar-refractivity contribution < 1.29 is 9.59 Å². The van der Waals surface area contributed by atoms with E-state index in [9.17, 15) is 14.4 Å². The van der Waals surface area contributed by atoms with E-state index in [4.69, 9.17) is 5.84 Å². The molecule has 0 radical (unpaired) electrons. The number of nitrogens with zero attached hydrogens (tertiary/aromatic N) is 3. The molecule has 8 nitrogen and oxygen atoms in total. The fraction of sp³-hybridized carbons (Fsp3) is 0.417. The summed E-state index contributed by atoms with van der Waals surface area (Å²) in [6, 6.07) is 5.79. The van der Waals surface area contributed by atoms with Crippen LogP contribution in [-0.4, -0.2) is 44.7 Å². The Morgan fingerprint density at radius 3 is 2.47 bits per heavy atom. The number of carbonyl (C=O) groups excluding carboxylic acids is 2. The number of amides is 2. The minimum atomic E-state index is -0.433. The normalized spacial score (nSPS) is 12.1. The molecule has 2 heterocycles. The van der Waals surface area contributed by atoms with Crippen molar-refractivity contribution in [3.8, 4) is 0 Å². The van der Waals surface area contributed by atoms with E-state index in [0.717, 1.165) is 27.1 Å². The maximum Gasteiger partial charge on any atom is 0.281 e. The number of carbonyl (C=O) groups is 2. The van der Waals surface area contributed by atoms with Crippen molar-refractivity contribution in [1.29, 1.82) is 0 Å². The van der Waals surface area contributed by atoms with Gasteiger partial charge in [0.1, 0.15) is 4.83 Å². The second-order valence-electron chi connectivity index (χ2n) is 8.10. The molecule has 0 aliphatic carbocycles. The first-order chi connectivity index (χ1) is 16.1. The third kappa shape index (κ3) is 4.97. The summed E-state index contributed by atoms with van der Waals surface area (Å²) in [5.74, 6) is 5.80. The number of thiophene rings is 1. The molecule has 10 heteroatoms. The second kappa shape index (κ2) is 10.6. The summed E-state index contributed by atoms with van der Waals surface area (Å²) >= 11 is 2.34. The van der Waals surface area contributed by atoms with Crippen LogP contribution in [0, 0.1) is 20.8 Å². The summed E-state index contributed by atoms with van der Waals surface area (Å²) in [6.45, 7) is 12.7. The fourth-order valence-corrected chi connectivity index (χ4v) is 5.92. The number of nitrogens with two attached hydrogens (primary N) is 1. The topological polar surface area (TPSA) is 110 Å². The fourth-order valence-electron chi connectivity index (χ4n) is 3.78. The Hall–Kier alpha value is -2.85. The molecule has 2 aromatic heterocycles. The lowest BCUT2D eigenvalue weighted by atomic mass is 10.1. The highest BCUT2D eigenvalue weighted by atomic mass is 32.2. The Kier molecular flexibility index (Phi) is 8.04. The lowest BCUT2D eigenvalue weighted by Gasteiger charge is -2.24. The number of aromatic nitrogens is 2. The number of aryl methyl sites for hydroxylation is 3. The zero-order valence-electron chi connectivity index (χ0n) is 20.4. The summed E-state index contributed by atoms with van der Waals surface area (Å²) in [7, 11) is 0. The number of hydrogen-bond donors (Lipinski definition) is 2. The Bertz CT molecular complexity index is 1290. The highest BCUT2D eigenvalue weighted by Crippen LogP contribution is 2.31. The third-order valence-corrected chi connectivity index (χ3v) is 8.27. The molecule has 3 aromatic rings. The molecule has 34 heavy (non-hydrogen) atoms. The zero-order valence-corrected chi connectivity index (χ0v) is 22.0. The number of anilines is 1. The van der Waals surface area contributed by atoms with Gasteiger partial charge in [0.05, 0.1) is 15.5 Å². The van der Waals surface area contributed by atoms with Gasteiger partial charge in [-0.05, 0) is 58.2 Å². The van der Waals surface area contributed by atoms with E-state index in [1.54, 1.807) is 11.8 Å². The van der Waals surface area contributed by atoms with Gasteiger partial charge in [-0.3, -0.25) is 14.4 Å². The van der Waals surface area contributed by atoms with Crippen molar-refractivity contribution in [2.24, 2.45) is 0 Å². The first kappa shape index (κ1) is 25.8. The summed E-state index contributed by atoms with van der Waals surface area (Å²) in [5.41, 5.74) is 2.89. The van der Waals surface area contributed by atoms with Gasteiger partial charge in [0.15, 0.2) is 5.16 Å². The molecule has 0 bridgehead atoms. The van der Waals surface area contributed by atoms with Gasteiger partial charge in [-0.15, -0.1) is 11.3 Å². The Balaban J connectivity index is 1.97. The molecule has 0 aliphatic heterocycles. The van der Waals surface area contributed by atoms with Crippen LogP contribution in [0.2, 0.25) is 0 Å². The van der Waals surface area contributed by atoms with Crippen LogP contribution in [0.1, 0.15) is 53.6 Å². The molecule has 0 spiro atoms. The van der Waals surface area contributed by atoms with Gasteiger partial charge in [0.2, 0.25) is 5.91 Å². The Morgan fingerprint density at radius 2 is 1.88 bits per heavy atom. The molecular weight excluding hydrogens is 470 g/mol. The molecule has 1 aromatic carbocycles. The number of rotatable bonds is 8. The molecule has 0 aliphatic rings. The van der Waals surface area contributed by atoms with Crippen LogP contribution in [0.3, 0.4) is 0 Å². The first-order valence-corrected chi connectivity index (χ1v) is 13.0. The van der Waals surface area contributed by atoms with Crippen molar-refractivity contribution in [3.05, 3.63) is 50.1 Å². The van der Waals surface area contributed by atoms with Gasteiger partial charge in [-0.25, -0.2) is 9.66 Å². The van der Waals surface area contributed by atoms with Crippen LogP contribution in [-0.2, 0) is 4.79 Å². The van der Waals surface area contributed by atoms with E-state index < -0.39 is 10.8 Å². The summed E-state index contributed by atoms with van der Waals surface area (Å²) in [5, 5.41) is 3.11. The quantitative estimate of drug-likeness (QED) is 0.273. The van der Waals surface area contributed by atoms with Gasteiger partial charge >= 0.3 is 0 Å². The lowest BCUT2D eigenvalue weighted by molar-refractivity contribution is -0.130. The van der Waals surface area contributed by atoms with E-state index >= 15 is 0 Å². The van der Waals surface area contributed by atoms with Crippen LogP contribution in [0.15, 0.2) is 28.2 Å². The van der Waals surface area contributed by atoms with E-state index in [1.807, 2.05) is 52.8 Å². The average molecular weight is 502 g/mol. The van der Waals surface area contributed by atoms with Crippen LogP contribution in [0.25, 0.3) is 10.2 Å². The minimum Gasteiger partial charge on any atom is -0.342 e. The number of benzene rings is 1. The van der Waals surface area contributed by atoms with Gasteiger partial charge in [0.25, 0.3) is 11.5 Å². The van der Waals surface area contributed by atoms with E-state index in [-0.39, 0.29) is 17.0 Å². The van der Waals surface area contributed by atoms with Crippen LogP contribution in [0.5, 0.6) is 0 Å². The molecule has 0 saturated heterocycles. The Morgan fingerprint density at radius 1 is 1.21 bits per heavy atom. The van der Waals surface area contributed by atoms with Crippen molar-refractivity contribution in [1.82, 2.24) is 14.6 Å². The lowest BCUT2D eigenvalue weighted by Crippen LogP contribution is -2.38. The number of nitrogens with one attached hydrogen (secondary N) is 1. The SMILES string of the molecule is CC[C@@H](Sc1nc2sc(C(=O)Nc3ccc(C)cc3C)c(C)c2c(=O)n1N)C(=O)N(CC)CC. The van der Waals surface area contributed by atoms with Gasteiger partial charge in [-0.1, -0.05) is 36.4 Å². The predicted octanol–water partition coefficient (Wildman–Crippen LogP) is 4.09. The summed E-state index contributed by atoms with van der Waals surface area (Å²) in [4.78, 5) is 46.2. The molecule has 3 N–H and O–H groups in total. The third-order valence-electron chi connectivity index (χ3n) is 5.77. The predicted molar refractivity (Wildman–Crippen MR) is 141 cm³/mol. The number of nitrogen functional groups attached to an aromatic ring is 1. The number of thioether (sulfide) groups is 1. The van der Waals surface area contributed by atoms with Crippen molar-refractivity contribution >= 4 is 50.8 Å². The largest absolute Gasteiger partial charge is 0.342 e. The standard InChI is InChI=1S/C24H31N5O3S2/c1-7-17(22(31)28(8-2)9-3)33-24-27-21-18(23(32)29(24)25)15(6)19(34-21)20(30)26-16-11-10-13(4)12-14(16)5/h10-12,17H,7-9,25H2,1-6H3,(H,26,30)/t17-/m1/s1. The monoisotopic (exact) mass is 501 g/mol. The second-order valence-corrected chi connectivity index (χ2v) is 10.3. The molecule has 3 rings (SSSR count). The molecular formula is C24H31N5O3S2. The van der Waals surface area contributed by atoms with Gasteiger partial charge in [-0.2, -0.15) is 0 Å². The smallest absolute Gasteiger partial charge is 0.281 e. The van der Waals surface area contributed by atoms with Gasteiger partial charge < -0.3 is 16.1 Å². The first-order valence-electron chi connectivity index (χ1n) is 11.3. The number of hydrogen-bond acceptors (Lipinski definition) is 7. The summed E-state index contributed by atoms with van der Waals surface area (Å²) in [6.07, 6.45) is 0.570. The van der Waals surface area contributed by atoms with Crippen molar-refractivity contribution in [2.75, 3.05) is 24.2 Å². The zero-order chi connectivity index (χ0) is 25.2. The minimum absolute atomic E-state index is 0.0114. The maximum atomic E-state index is 13.1. The molecule has 182 valence electrons. The van der Waals surface area contributed by atoms with Gasteiger partial charge in [0, 0.05) is 18.8 Å². The average Bonchev–Trinajstić information content (AvgIpc) is 3.14. The van der Waals surface area contributed by atoms with E-state index in [2.05, 4.69) is 10.3 Å². The van der Waals surface area contributed by atoms with E-state index in [1.165, 1.54) is 11.8 Å². The molecule has 0 unspecified atom stereocenters. The van der Waals surface area contributed by atoms with Crippen LogP contribution >= 0.6 is 23.1 Å². The summed E-state index contributed by atoms with van der Waals surface area (Å²) < 4.78 is 0.983. The highest BCUT2D eigenvalue weighted by molar-refractivity contribution is 8.00.